The minimum atomic E-state index is 0.421. The van der Waals surface area contributed by atoms with Crippen LogP contribution in [-0.2, 0) is 0 Å². The second-order valence-electron chi connectivity index (χ2n) is 5.67. The lowest BCUT2D eigenvalue weighted by atomic mass is 10.1. The van der Waals surface area contributed by atoms with E-state index in [1.165, 1.54) is 0 Å². The quantitative estimate of drug-likeness (QED) is 0.749. The highest BCUT2D eigenvalue weighted by atomic mass is 15.4. The Hall–Kier alpha value is -2.74. The Labute approximate surface area is 133 Å². The summed E-state index contributed by atoms with van der Waals surface area (Å²) < 4.78 is 3.67. The van der Waals surface area contributed by atoms with Gasteiger partial charge < -0.3 is 11.1 Å². The molecule has 8 nitrogen and oxygen atoms in total. The first kappa shape index (κ1) is 13.9. The third-order valence-corrected chi connectivity index (χ3v) is 4.18. The number of nitrogens with two attached hydrogens (primary N) is 1. The highest BCUT2D eigenvalue weighted by Crippen LogP contribution is 2.26. The van der Waals surface area contributed by atoms with Crippen molar-refractivity contribution in [3.63, 3.8) is 0 Å². The average Bonchev–Trinajstić information content (AvgIpc) is 3.28. The highest BCUT2D eigenvalue weighted by molar-refractivity contribution is 5.67. The smallest absolute Gasteiger partial charge is 0.149 e. The summed E-state index contributed by atoms with van der Waals surface area (Å²) in [6.07, 6.45) is 11.3. The van der Waals surface area contributed by atoms with Gasteiger partial charge in [-0.2, -0.15) is 5.10 Å². The van der Waals surface area contributed by atoms with Gasteiger partial charge in [0.05, 0.1) is 24.6 Å². The fourth-order valence-corrected chi connectivity index (χ4v) is 2.90. The van der Waals surface area contributed by atoms with Gasteiger partial charge in [0, 0.05) is 23.5 Å². The monoisotopic (exact) mass is 310 g/mol. The van der Waals surface area contributed by atoms with Gasteiger partial charge >= 0.3 is 0 Å². The number of rotatable bonds is 3. The van der Waals surface area contributed by atoms with Crippen LogP contribution in [0.1, 0.15) is 18.9 Å². The Kier molecular flexibility index (Phi) is 3.51. The largest absolute Gasteiger partial charge is 0.382 e. The maximum absolute atomic E-state index is 5.95. The molecule has 0 amide bonds. The van der Waals surface area contributed by atoms with Crippen LogP contribution in [0.25, 0.3) is 16.8 Å². The molecular formula is C15H18N8. The molecule has 0 spiro atoms. The number of hydrogen-bond donors (Lipinski definition) is 2. The molecule has 23 heavy (non-hydrogen) atoms. The van der Waals surface area contributed by atoms with Gasteiger partial charge in [-0.05, 0) is 32.0 Å². The number of nitrogens with zero attached hydrogens (tertiary/aromatic N) is 6. The predicted octanol–water partition coefficient (Wildman–Crippen LogP) is 1.03. The predicted molar refractivity (Wildman–Crippen MR) is 85.9 cm³/mol. The van der Waals surface area contributed by atoms with Gasteiger partial charge in [-0.25, -0.2) is 9.67 Å². The Morgan fingerprint density at radius 3 is 2.83 bits per heavy atom. The van der Waals surface area contributed by atoms with Crippen molar-refractivity contribution in [1.29, 1.82) is 0 Å². The Morgan fingerprint density at radius 1 is 1.17 bits per heavy atom. The van der Waals surface area contributed by atoms with E-state index >= 15 is 0 Å². The van der Waals surface area contributed by atoms with Crippen LogP contribution in [0.15, 0.2) is 37.1 Å². The SMILES string of the molecule is Nc1ncc(-c2cnn(C3CCNCC3)c2)cc1-n1ccnn1. The summed E-state index contributed by atoms with van der Waals surface area (Å²) in [5.41, 5.74) is 8.66. The van der Waals surface area contributed by atoms with Gasteiger partial charge in [-0.3, -0.25) is 4.68 Å². The first-order valence-electron chi connectivity index (χ1n) is 7.69. The number of piperidine rings is 1. The molecule has 0 aromatic carbocycles. The van der Waals surface area contributed by atoms with Crippen LogP contribution in [0.3, 0.4) is 0 Å². The fraction of sp³-hybridized carbons (Fsp3) is 0.333. The molecule has 1 aliphatic heterocycles. The summed E-state index contributed by atoms with van der Waals surface area (Å²) in [6.45, 7) is 2.08. The molecular weight excluding hydrogens is 292 g/mol. The molecule has 1 aliphatic rings. The molecule has 4 rings (SSSR count). The third-order valence-electron chi connectivity index (χ3n) is 4.18. The number of aromatic nitrogens is 6. The van der Waals surface area contributed by atoms with Crippen molar-refractivity contribution in [3.8, 4) is 16.8 Å². The Balaban J connectivity index is 1.66. The lowest BCUT2D eigenvalue weighted by molar-refractivity contribution is 0.343. The molecule has 0 atom stereocenters. The standard InChI is InChI=1S/C15H18N8/c16-15-14(22-6-5-19-21-22)7-11(8-18-15)12-9-20-23(10-12)13-1-3-17-4-2-13/h5-10,13,17H,1-4H2,(H2,16,18). The van der Waals surface area contributed by atoms with E-state index in [2.05, 4.69) is 36.6 Å². The zero-order valence-electron chi connectivity index (χ0n) is 12.6. The maximum atomic E-state index is 5.95. The van der Waals surface area contributed by atoms with E-state index in [0.29, 0.717) is 11.9 Å². The Bertz CT molecular complexity index is 786. The molecule has 4 heterocycles. The minimum Gasteiger partial charge on any atom is -0.382 e. The van der Waals surface area contributed by atoms with E-state index in [9.17, 15) is 0 Å². The molecule has 8 heteroatoms. The Morgan fingerprint density at radius 2 is 2.04 bits per heavy atom. The number of nitrogen functional groups attached to an aromatic ring is 1. The topological polar surface area (TPSA) is 99.5 Å². The van der Waals surface area contributed by atoms with Crippen molar-refractivity contribution in [2.75, 3.05) is 18.8 Å². The summed E-state index contributed by atoms with van der Waals surface area (Å²) in [4.78, 5) is 4.28. The molecule has 118 valence electrons. The van der Waals surface area contributed by atoms with Crippen molar-refractivity contribution >= 4 is 5.82 Å². The summed E-state index contributed by atoms with van der Waals surface area (Å²) >= 11 is 0. The number of anilines is 1. The van der Waals surface area contributed by atoms with E-state index in [0.717, 1.165) is 42.7 Å². The van der Waals surface area contributed by atoms with Crippen LogP contribution >= 0.6 is 0 Å². The molecule has 0 aliphatic carbocycles. The summed E-state index contributed by atoms with van der Waals surface area (Å²) in [5, 5.41) is 15.7. The van der Waals surface area contributed by atoms with Gasteiger partial charge in [-0.15, -0.1) is 5.10 Å². The second-order valence-corrected chi connectivity index (χ2v) is 5.67. The normalized spacial score (nSPS) is 15.8. The summed E-state index contributed by atoms with van der Waals surface area (Å²) in [5.74, 6) is 0.421. The number of nitrogens with one attached hydrogen (secondary N) is 1. The molecule has 0 saturated carbocycles. The molecule has 3 N–H and O–H groups in total. The lowest BCUT2D eigenvalue weighted by Gasteiger charge is -2.22. The fourth-order valence-electron chi connectivity index (χ4n) is 2.90. The molecule has 0 bridgehead atoms. The van der Waals surface area contributed by atoms with Gasteiger partial charge in [0.2, 0.25) is 0 Å². The third kappa shape index (κ3) is 2.68. The molecule has 1 saturated heterocycles. The van der Waals surface area contributed by atoms with E-state index in [-0.39, 0.29) is 0 Å². The van der Waals surface area contributed by atoms with Crippen molar-refractivity contribution in [2.24, 2.45) is 0 Å². The average molecular weight is 310 g/mol. The van der Waals surface area contributed by atoms with Crippen molar-refractivity contribution in [1.82, 2.24) is 35.1 Å². The lowest BCUT2D eigenvalue weighted by Crippen LogP contribution is -2.29. The van der Waals surface area contributed by atoms with Crippen molar-refractivity contribution in [3.05, 3.63) is 37.1 Å². The maximum Gasteiger partial charge on any atom is 0.149 e. The highest BCUT2D eigenvalue weighted by Gasteiger charge is 2.16. The zero-order valence-corrected chi connectivity index (χ0v) is 12.6. The van der Waals surface area contributed by atoms with E-state index in [4.69, 9.17) is 5.73 Å². The first-order chi connectivity index (χ1) is 11.3. The van der Waals surface area contributed by atoms with E-state index in [1.807, 2.05) is 12.3 Å². The molecule has 1 fully saturated rings. The van der Waals surface area contributed by atoms with Gasteiger partial charge in [0.25, 0.3) is 0 Å². The molecule has 3 aromatic heterocycles. The van der Waals surface area contributed by atoms with Crippen LogP contribution in [-0.4, -0.2) is 42.8 Å². The van der Waals surface area contributed by atoms with Crippen LogP contribution in [0.4, 0.5) is 5.82 Å². The first-order valence-corrected chi connectivity index (χ1v) is 7.69. The van der Waals surface area contributed by atoms with E-state index < -0.39 is 0 Å². The zero-order chi connectivity index (χ0) is 15.6. The van der Waals surface area contributed by atoms with Crippen molar-refractivity contribution < 1.29 is 0 Å². The van der Waals surface area contributed by atoms with Gasteiger partial charge in [0.15, 0.2) is 0 Å². The van der Waals surface area contributed by atoms with Crippen LogP contribution in [0.5, 0.6) is 0 Å². The minimum absolute atomic E-state index is 0.421. The van der Waals surface area contributed by atoms with Crippen LogP contribution in [0.2, 0.25) is 0 Å². The van der Waals surface area contributed by atoms with E-state index in [1.54, 1.807) is 23.3 Å². The molecule has 3 aromatic rings. The summed E-state index contributed by atoms with van der Waals surface area (Å²) in [7, 11) is 0. The number of pyridine rings is 1. The summed E-state index contributed by atoms with van der Waals surface area (Å²) in [6, 6.07) is 2.42. The van der Waals surface area contributed by atoms with Crippen LogP contribution in [0, 0.1) is 0 Å². The molecule has 0 radical (unpaired) electrons. The van der Waals surface area contributed by atoms with Gasteiger partial charge in [-0.1, -0.05) is 5.21 Å². The second kappa shape index (κ2) is 5.81. The van der Waals surface area contributed by atoms with Crippen molar-refractivity contribution in [2.45, 2.75) is 18.9 Å². The molecule has 0 unspecified atom stereocenters. The van der Waals surface area contributed by atoms with Gasteiger partial charge in [0.1, 0.15) is 11.5 Å². The van der Waals surface area contributed by atoms with Crippen LogP contribution < -0.4 is 11.1 Å². The number of hydrogen-bond acceptors (Lipinski definition) is 6.